The zero-order valence-corrected chi connectivity index (χ0v) is 14.0. The Morgan fingerprint density at radius 1 is 1.05 bits per heavy atom. The van der Waals surface area contributed by atoms with Gasteiger partial charge in [0.2, 0.25) is 0 Å². The molecule has 0 aliphatic carbocycles. The fraction of sp³-hybridized carbons (Fsp3) is 0.294. The zero-order valence-electron chi connectivity index (χ0n) is 11.7. The Morgan fingerprint density at radius 3 is 2.35 bits per heavy atom. The lowest BCUT2D eigenvalue weighted by Crippen LogP contribution is -2.03. The number of rotatable bonds is 4. The van der Waals surface area contributed by atoms with Crippen molar-refractivity contribution in [2.75, 3.05) is 0 Å². The van der Waals surface area contributed by atoms with Crippen molar-refractivity contribution in [3.05, 3.63) is 68.1 Å². The molecule has 0 bridgehead atoms. The third-order valence-electron chi connectivity index (χ3n) is 3.56. The molecule has 0 saturated carbocycles. The standard InChI is InChI=1S/C17H18BrClO/c1-3-11-5-6-13(9-12(11)4-2)17(20)15-8-7-14(18)10-16(15)19/h5-10,17,20H,3-4H2,1-2H3. The lowest BCUT2D eigenvalue weighted by molar-refractivity contribution is 0.220. The monoisotopic (exact) mass is 352 g/mol. The summed E-state index contributed by atoms with van der Waals surface area (Å²) in [7, 11) is 0. The number of benzene rings is 2. The highest BCUT2D eigenvalue weighted by Gasteiger charge is 2.15. The molecule has 0 amide bonds. The van der Waals surface area contributed by atoms with Gasteiger partial charge in [0.25, 0.3) is 0 Å². The maximum Gasteiger partial charge on any atom is 0.105 e. The maximum atomic E-state index is 10.5. The van der Waals surface area contributed by atoms with E-state index >= 15 is 0 Å². The van der Waals surface area contributed by atoms with Crippen molar-refractivity contribution >= 4 is 27.5 Å². The number of aryl methyl sites for hydroxylation is 2. The minimum absolute atomic E-state index is 0.574. The van der Waals surface area contributed by atoms with Gasteiger partial charge in [0.15, 0.2) is 0 Å². The number of hydrogen-bond donors (Lipinski definition) is 1. The number of hydrogen-bond acceptors (Lipinski definition) is 1. The Labute approximate surface area is 133 Å². The smallest absolute Gasteiger partial charge is 0.105 e. The molecule has 0 spiro atoms. The van der Waals surface area contributed by atoms with E-state index in [2.05, 4.69) is 41.9 Å². The molecule has 0 saturated heterocycles. The summed E-state index contributed by atoms with van der Waals surface area (Å²) in [6.45, 7) is 4.29. The van der Waals surface area contributed by atoms with Crippen LogP contribution < -0.4 is 0 Å². The van der Waals surface area contributed by atoms with Crippen molar-refractivity contribution in [2.45, 2.75) is 32.8 Å². The molecule has 0 aliphatic heterocycles. The first-order chi connectivity index (χ1) is 9.56. The highest BCUT2D eigenvalue weighted by atomic mass is 79.9. The first-order valence-corrected chi connectivity index (χ1v) is 7.98. The Morgan fingerprint density at radius 2 is 1.75 bits per heavy atom. The predicted molar refractivity (Wildman–Crippen MR) is 88.4 cm³/mol. The average Bonchev–Trinajstić information content (AvgIpc) is 2.45. The highest BCUT2D eigenvalue weighted by Crippen LogP contribution is 2.31. The van der Waals surface area contributed by atoms with Crippen LogP contribution >= 0.6 is 27.5 Å². The molecule has 2 aromatic rings. The van der Waals surface area contributed by atoms with Gasteiger partial charge >= 0.3 is 0 Å². The molecule has 0 heterocycles. The van der Waals surface area contributed by atoms with Crippen molar-refractivity contribution in [1.29, 1.82) is 0 Å². The van der Waals surface area contributed by atoms with Crippen LogP contribution in [-0.2, 0) is 12.8 Å². The summed E-state index contributed by atoms with van der Waals surface area (Å²) in [6, 6.07) is 11.7. The third-order valence-corrected chi connectivity index (χ3v) is 4.39. The molecule has 20 heavy (non-hydrogen) atoms. The summed E-state index contributed by atoms with van der Waals surface area (Å²) in [5.74, 6) is 0. The van der Waals surface area contributed by atoms with Crippen molar-refractivity contribution in [2.24, 2.45) is 0 Å². The number of aliphatic hydroxyl groups is 1. The van der Waals surface area contributed by atoms with E-state index < -0.39 is 6.10 Å². The van der Waals surface area contributed by atoms with Crippen LogP contribution in [0.2, 0.25) is 5.02 Å². The van der Waals surface area contributed by atoms with Gasteiger partial charge in [0.05, 0.1) is 0 Å². The van der Waals surface area contributed by atoms with Crippen molar-refractivity contribution in [1.82, 2.24) is 0 Å². The number of halogens is 2. The van der Waals surface area contributed by atoms with E-state index in [1.807, 2.05) is 18.2 Å². The van der Waals surface area contributed by atoms with Crippen LogP contribution in [0.4, 0.5) is 0 Å². The quantitative estimate of drug-likeness (QED) is 0.790. The molecule has 3 heteroatoms. The Balaban J connectivity index is 2.40. The van der Waals surface area contributed by atoms with Crippen LogP contribution in [0.25, 0.3) is 0 Å². The van der Waals surface area contributed by atoms with Gasteiger partial charge in [-0.3, -0.25) is 0 Å². The van der Waals surface area contributed by atoms with E-state index in [1.54, 1.807) is 6.07 Å². The minimum atomic E-state index is -0.688. The largest absolute Gasteiger partial charge is 0.384 e. The Kier molecular flexibility index (Phi) is 5.25. The summed E-state index contributed by atoms with van der Waals surface area (Å²) in [5, 5.41) is 11.1. The maximum absolute atomic E-state index is 10.5. The van der Waals surface area contributed by atoms with Gasteiger partial charge in [0.1, 0.15) is 6.10 Å². The lowest BCUT2D eigenvalue weighted by Gasteiger charge is -2.16. The number of aliphatic hydroxyl groups excluding tert-OH is 1. The molecule has 0 aliphatic rings. The predicted octanol–water partition coefficient (Wildman–Crippen LogP) is 5.31. The van der Waals surface area contributed by atoms with Crippen LogP contribution in [0.5, 0.6) is 0 Å². The summed E-state index contributed by atoms with van der Waals surface area (Å²) in [4.78, 5) is 0. The minimum Gasteiger partial charge on any atom is -0.384 e. The second-order valence-corrected chi connectivity index (χ2v) is 6.13. The Bertz CT molecular complexity index is 610. The van der Waals surface area contributed by atoms with Crippen molar-refractivity contribution in [3.8, 4) is 0 Å². The lowest BCUT2D eigenvalue weighted by atomic mass is 9.95. The molecular weight excluding hydrogens is 336 g/mol. The van der Waals surface area contributed by atoms with E-state index in [4.69, 9.17) is 11.6 Å². The molecule has 2 aromatic carbocycles. The van der Waals surface area contributed by atoms with Crippen LogP contribution in [-0.4, -0.2) is 5.11 Å². The SMILES string of the molecule is CCc1ccc(C(O)c2ccc(Br)cc2Cl)cc1CC. The second kappa shape index (κ2) is 6.75. The Hall–Kier alpha value is -0.830. The van der Waals surface area contributed by atoms with Gasteiger partial charge in [-0.2, -0.15) is 0 Å². The fourth-order valence-electron chi connectivity index (χ4n) is 2.39. The van der Waals surface area contributed by atoms with Crippen molar-refractivity contribution < 1.29 is 5.11 Å². The summed E-state index contributed by atoms with van der Waals surface area (Å²) in [6.07, 6.45) is 1.29. The van der Waals surface area contributed by atoms with E-state index in [1.165, 1.54) is 11.1 Å². The zero-order chi connectivity index (χ0) is 14.7. The summed E-state index contributed by atoms with van der Waals surface area (Å²) >= 11 is 9.59. The second-order valence-electron chi connectivity index (χ2n) is 4.80. The molecule has 1 nitrogen and oxygen atoms in total. The first-order valence-electron chi connectivity index (χ1n) is 6.81. The molecule has 1 unspecified atom stereocenters. The molecule has 2 rings (SSSR count). The average molecular weight is 354 g/mol. The van der Waals surface area contributed by atoms with Gasteiger partial charge < -0.3 is 5.11 Å². The van der Waals surface area contributed by atoms with Crippen molar-refractivity contribution in [3.63, 3.8) is 0 Å². The topological polar surface area (TPSA) is 20.2 Å². The molecule has 0 radical (unpaired) electrons. The van der Waals surface area contributed by atoms with Crippen LogP contribution in [0.15, 0.2) is 40.9 Å². The van der Waals surface area contributed by atoms with Crippen LogP contribution in [0, 0.1) is 0 Å². The van der Waals surface area contributed by atoms with Gasteiger partial charge in [-0.15, -0.1) is 0 Å². The van der Waals surface area contributed by atoms with E-state index in [0.717, 1.165) is 28.4 Å². The molecule has 1 N–H and O–H groups in total. The fourth-order valence-corrected chi connectivity index (χ4v) is 3.17. The van der Waals surface area contributed by atoms with Gasteiger partial charge in [0, 0.05) is 15.1 Å². The van der Waals surface area contributed by atoms with E-state index in [9.17, 15) is 5.11 Å². The molecular formula is C17H18BrClO. The normalized spacial score (nSPS) is 12.4. The molecule has 0 fully saturated rings. The van der Waals surface area contributed by atoms with Crippen LogP contribution in [0.3, 0.4) is 0 Å². The van der Waals surface area contributed by atoms with Crippen LogP contribution in [0.1, 0.15) is 42.2 Å². The molecule has 0 aromatic heterocycles. The summed E-state index contributed by atoms with van der Waals surface area (Å²) < 4.78 is 0.911. The van der Waals surface area contributed by atoms with Gasteiger partial charge in [-0.05, 0) is 41.7 Å². The molecule has 106 valence electrons. The summed E-state index contributed by atoms with van der Waals surface area (Å²) in [5.41, 5.74) is 4.26. The first kappa shape index (κ1) is 15.6. The molecule has 1 atom stereocenters. The highest BCUT2D eigenvalue weighted by molar-refractivity contribution is 9.10. The van der Waals surface area contributed by atoms with Gasteiger partial charge in [-0.1, -0.05) is 65.6 Å². The van der Waals surface area contributed by atoms with E-state index in [-0.39, 0.29) is 0 Å². The third kappa shape index (κ3) is 3.25. The van der Waals surface area contributed by atoms with Gasteiger partial charge in [-0.25, -0.2) is 0 Å². The van der Waals surface area contributed by atoms with E-state index in [0.29, 0.717) is 5.02 Å².